The molecule has 1 N–H and O–H groups in total. The van der Waals surface area contributed by atoms with Gasteiger partial charge in [0.25, 0.3) is 0 Å². The second-order valence-corrected chi connectivity index (χ2v) is 5.24. The molecule has 1 heterocycles. The summed E-state index contributed by atoms with van der Waals surface area (Å²) < 4.78 is 0. The van der Waals surface area contributed by atoms with Crippen LogP contribution in [0.3, 0.4) is 0 Å². The Hall–Kier alpha value is -1.26. The lowest BCUT2D eigenvalue weighted by Crippen LogP contribution is -2.10. The standard InChI is InChI=1S/C12H14ClN3S/c1-8-4-5-9(6-10(8)16(2)3)14-12-15-11(13)7-17-12/h4-7H,1-3H3,(H,14,15). The minimum atomic E-state index is 0.525. The fourth-order valence-electron chi connectivity index (χ4n) is 1.60. The van der Waals surface area contributed by atoms with Crippen LogP contribution < -0.4 is 10.2 Å². The first kappa shape index (κ1) is 12.2. The first-order valence-corrected chi connectivity index (χ1v) is 6.48. The van der Waals surface area contributed by atoms with Gasteiger partial charge in [0.1, 0.15) is 5.15 Å². The Morgan fingerprint density at radius 3 is 2.71 bits per heavy atom. The Bertz CT molecular complexity index is 522. The van der Waals surface area contributed by atoms with Crippen LogP contribution in [-0.4, -0.2) is 19.1 Å². The molecule has 0 saturated carbocycles. The molecule has 0 saturated heterocycles. The summed E-state index contributed by atoms with van der Waals surface area (Å²) in [5.41, 5.74) is 3.46. The van der Waals surface area contributed by atoms with Crippen molar-refractivity contribution in [1.29, 1.82) is 0 Å². The molecule has 0 bridgehead atoms. The van der Waals surface area contributed by atoms with Crippen LogP contribution in [0.25, 0.3) is 0 Å². The molecule has 0 spiro atoms. The van der Waals surface area contributed by atoms with Gasteiger partial charge in [0.15, 0.2) is 5.13 Å². The topological polar surface area (TPSA) is 28.2 Å². The normalized spacial score (nSPS) is 10.4. The van der Waals surface area contributed by atoms with E-state index in [9.17, 15) is 0 Å². The van der Waals surface area contributed by atoms with Crippen LogP contribution in [0.5, 0.6) is 0 Å². The average Bonchev–Trinajstić information content (AvgIpc) is 2.66. The van der Waals surface area contributed by atoms with E-state index in [1.54, 1.807) is 0 Å². The van der Waals surface area contributed by atoms with Crippen LogP contribution in [0.2, 0.25) is 5.15 Å². The molecular formula is C12H14ClN3S. The van der Waals surface area contributed by atoms with Crippen molar-refractivity contribution >= 4 is 39.4 Å². The summed E-state index contributed by atoms with van der Waals surface area (Å²) in [5.74, 6) is 0. The third kappa shape index (κ3) is 2.90. The monoisotopic (exact) mass is 267 g/mol. The molecule has 0 radical (unpaired) electrons. The van der Waals surface area contributed by atoms with Gasteiger partial charge in [-0.15, -0.1) is 11.3 Å². The van der Waals surface area contributed by atoms with Crippen molar-refractivity contribution in [3.63, 3.8) is 0 Å². The SMILES string of the molecule is Cc1ccc(Nc2nc(Cl)cs2)cc1N(C)C. The molecule has 1 aromatic carbocycles. The maximum absolute atomic E-state index is 5.78. The Balaban J connectivity index is 2.25. The molecule has 0 unspecified atom stereocenters. The highest BCUT2D eigenvalue weighted by Gasteiger charge is 2.04. The first-order chi connectivity index (χ1) is 8.06. The van der Waals surface area contributed by atoms with Gasteiger partial charge in [-0.05, 0) is 24.6 Å². The second kappa shape index (κ2) is 4.94. The van der Waals surface area contributed by atoms with Crippen LogP contribution in [0.4, 0.5) is 16.5 Å². The van der Waals surface area contributed by atoms with Crippen molar-refractivity contribution in [1.82, 2.24) is 4.98 Å². The Kier molecular flexibility index (Phi) is 3.54. The number of hydrogen-bond donors (Lipinski definition) is 1. The molecule has 1 aromatic heterocycles. The highest BCUT2D eigenvalue weighted by molar-refractivity contribution is 7.14. The number of nitrogens with one attached hydrogen (secondary N) is 1. The molecular weight excluding hydrogens is 254 g/mol. The van der Waals surface area contributed by atoms with E-state index >= 15 is 0 Å². The van der Waals surface area contributed by atoms with Crippen LogP contribution in [-0.2, 0) is 0 Å². The third-order valence-electron chi connectivity index (χ3n) is 2.42. The number of nitrogens with zero attached hydrogens (tertiary/aromatic N) is 2. The second-order valence-electron chi connectivity index (χ2n) is 4.00. The van der Waals surface area contributed by atoms with Gasteiger partial charge in [0, 0.05) is 30.9 Å². The summed E-state index contributed by atoms with van der Waals surface area (Å²) in [6.07, 6.45) is 0. The highest BCUT2D eigenvalue weighted by Crippen LogP contribution is 2.27. The first-order valence-electron chi connectivity index (χ1n) is 5.22. The highest BCUT2D eigenvalue weighted by atomic mass is 35.5. The van der Waals surface area contributed by atoms with Crippen LogP contribution >= 0.6 is 22.9 Å². The van der Waals surface area contributed by atoms with E-state index in [1.807, 2.05) is 25.5 Å². The quantitative estimate of drug-likeness (QED) is 0.914. The summed E-state index contributed by atoms with van der Waals surface area (Å²) in [6.45, 7) is 2.10. The van der Waals surface area contributed by atoms with E-state index in [0.29, 0.717) is 5.15 Å². The van der Waals surface area contributed by atoms with E-state index in [0.717, 1.165) is 10.8 Å². The predicted octanol–water partition coefficient (Wildman–Crippen LogP) is 3.91. The summed E-state index contributed by atoms with van der Waals surface area (Å²) in [6, 6.07) is 6.23. The maximum atomic E-state index is 5.78. The van der Waals surface area contributed by atoms with Crippen LogP contribution in [0.15, 0.2) is 23.6 Å². The molecule has 0 aliphatic carbocycles. The zero-order valence-electron chi connectivity index (χ0n) is 9.99. The Morgan fingerprint density at radius 2 is 2.12 bits per heavy atom. The minimum Gasteiger partial charge on any atom is -0.377 e. The number of rotatable bonds is 3. The van der Waals surface area contributed by atoms with Crippen LogP contribution in [0, 0.1) is 6.92 Å². The molecule has 3 nitrogen and oxygen atoms in total. The zero-order chi connectivity index (χ0) is 12.4. The number of halogens is 1. The van der Waals surface area contributed by atoms with E-state index < -0.39 is 0 Å². The number of hydrogen-bond acceptors (Lipinski definition) is 4. The summed E-state index contributed by atoms with van der Waals surface area (Å²) in [5, 5.41) is 6.39. The lowest BCUT2D eigenvalue weighted by atomic mass is 10.1. The predicted molar refractivity (Wildman–Crippen MR) is 75.9 cm³/mol. The summed E-state index contributed by atoms with van der Waals surface area (Å²) >= 11 is 7.28. The van der Waals surface area contributed by atoms with E-state index in [2.05, 4.69) is 34.3 Å². The van der Waals surface area contributed by atoms with E-state index in [4.69, 9.17) is 11.6 Å². The molecule has 90 valence electrons. The molecule has 0 amide bonds. The lowest BCUT2D eigenvalue weighted by molar-refractivity contribution is 1.11. The maximum Gasteiger partial charge on any atom is 0.188 e. The number of benzene rings is 1. The smallest absolute Gasteiger partial charge is 0.188 e. The van der Waals surface area contributed by atoms with Crippen molar-refractivity contribution in [2.24, 2.45) is 0 Å². The van der Waals surface area contributed by atoms with Gasteiger partial charge in [0.2, 0.25) is 0 Å². The van der Waals surface area contributed by atoms with E-state index in [-0.39, 0.29) is 0 Å². The minimum absolute atomic E-state index is 0.525. The van der Waals surface area contributed by atoms with Gasteiger partial charge in [-0.3, -0.25) is 0 Å². The van der Waals surface area contributed by atoms with Gasteiger partial charge < -0.3 is 10.2 Å². The molecule has 5 heteroatoms. The molecule has 0 fully saturated rings. The lowest BCUT2D eigenvalue weighted by Gasteiger charge is -2.16. The molecule has 0 aliphatic rings. The fourth-order valence-corrected chi connectivity index (χ4v) is 2.46. The average molecular weight is 268 g/mol. The number of aromatic nitrogens is 1. The fraction of sp³-hybridized carbons (Fsp3) is 0.250. The van der Waals surface area contributed by atoms with Crippen molar-refractivity contribution < 1.29 is 0 Å². The molecule has 2 aromatic rings. The van der Waals surface area contributed by atoms with Gasteiger partial charge in [-0.25, -0.2) is 4.98 Å². The summed E-state index contributed by atoms with van der Waals surface area (Å²) in [4.78, 5) is 6.25. The number of thiazole rings is 1. The van der Waals surface area contributed by atoms with Crippen molar-refractivity contribution in [2.75, 3.05) is 24.3 Å². The van der Waals surface area contributed by atoms with Crippen molar-refractivity contribution in [2.45, 2.75) is 6.92 Å². The largest absolute Gasteiger partial charge is 0.377 e. The van der Waals surface area contributed by atoms with Gasteiger partial charge >= 0.3 is 0 Å². The number of aryl methyl sites for hydroxylation is 1. The molecule has 0 atom stereocenters. The molecule has 17 heavy (non-hydrogen) atoms. The third-order valence-corrected chi connectivity index (χ3v) is 3.50. The Morgan fingerprint density at radius 1 is 1.35 bits per heavy atom. The van der Waals surface area contributed by atoms with E-state index in [1.165, 1.54) is 22.6 Å². The van der Waals surface area contributed by atoms with Crippen LogP contribution in [0.1, 0.15) is 5.56 Å². The van der Waals surface area contributed by atoms with Gasteiger partial charge in [-0.2, -0.15) is 0 Å². The zero-order valence-corrected chi connectivity index (χ0v) is 11.6. The van der Waals surface area contributed by atoms with Gasteiger partial charge in [0.05, 0.1) is 0 Å². The molecule has 2 rings (SSSR count). The van der Waals surface area contributed by atoms with Gasteiger partial charge in [-0.1, -0.05) is 17.7 Å². The summed E-state index contributed by atoms with van der Waals surface area (Å²) in [7, 11) is 4.07. The van der Waals surface area contributed by atoms with Crippen molar-refractivity contribution in [3.05, 3.63) is 34.3 Å². The number of anilines is 3. The van der Waals surface area contributed by atoms with Crippen molar-refractivity contribution in [3.8, 4) is 0 Å². The molecule has 0 aliphatic heterocycles. The Labute approximate surface area is 110 Å².